The number of aryl methyl sites for hydroxylation is 1. The summed E-state index contributed by atoms with van der Waals surface area (Å²) in [5, 5.41) is 11.9. The van der Waals surface area contributed by atoms with Crippen molar-refractivity contribution < 1.29 is 24.3 Å². The van der Waals surface area contributed by atoms with Crippen molar-refractivity contribution >= 4 is 39.1 Å². The predicted molar refractivity (Wildman–Crippen MR) is 131 cm³/mol. The summed E-state index contributed by atoms with van der Waals surface area (Å²) in [6.45, 7) is 2.05. The van der Waals surface area contributed by atoms with Gasteiger partial charge in [0.05, 0.1) is 29.0 Å². The van der Waals surface area contributed by atoms with Crippen molar-refractivity contribution in [3.63, 3.8) is 0 Å². The third kappa shape index (κ3) is 3.54. The van der Waals surface area contributed by atoms with Gasteiger partial charge in [-0.1, -0.05) is 37.3 Å². The molecule has 0 bridgehead atoms. The Hall–Kier alpha value is -3.36. The molecule has 0 aliphatic carbocycles. The number of ether oxygens (including phenoxy) is 1. The average Bonchev–Trinajstić information content (AvgIpc) is 3.37. The number of para-hydroxylation sites is 1. The van der Waals surface area contributed by atoms with E-state index in [-0.39, 0.29) is 17.4 Å². The van der Waals surface area contributed by atoms with Gasteiger partial charge in [-0.15, -0.1) is 0 Å². The number of nitrogens with zero attached hydrogens (tertiary/aromatic N) is 2. The Balaban J connectivity index is 1.60. The van der Waals surface area contributed by atoms with Crippen LogP contribution >= 0.6 is 15.9 Å². The number of phenolic OH excluding ortho intramolecular Hbond substituents is 1. The van der Waals surface area contributed by atoms with Crippen molar-refractivity contribution in [2.75, 3.05) is 17.1 Å². The standard InChI is InChI=1S/C26H23BrN2O5/c1-3-15-9-11-17(12-10-15)28-25(31)21-22(16-13-19(27)23(30)20(14-16)33-2)29(34-24(21)26(28)32)18-7-5-4-6-8-18/h4-14,21-22,24,30H,3H2,1-2H3/t21-,22-,24+/m1/s1. The maximum absolute atomic E-state index is 13.7. The van der Waals surface area contributed by atoms with Gasteiger partial charge < -0.3 is 9.84 Å². The number of rotatable bonds is 5. The summed E-state index contributed by atoms with van der Waals surface area (Å²) in [5.74, 6) is -1.29. The van der Waals surface area contributed by atoms with Gasteiger partial charge in [0.25, 0.3) is 5.91 Å². The number of amides is 2. The van der Waals surface area contributed by atoms with Crippen LogP contribution in [0.3, 0.4) is 0 Å². The first-order valence-electron chi connectivity index (χ1n) is 11.0. The minimum Gasteiger partial charge on any atom is -0.503 e. The summed E-state index contributed by atoms with van der Waals surface area (Å²) in [7, 11) is 1.46. The fraction of sp³-hybridized carbons (Fsp3) is 0.231. The molecule has 2 aliphatic rings. The summed E-state index contributed by atoms with van der Waals surface area (Å²) in [6, 6.07) is 19.5. The number of imide groups is 1. The van der Waals surface area contributed by atoms with E-state index >= 15 is 0 Å². The van der Waals surface area contributed by atoms with E-state index in [0.717, 1.165) is 12.0 Å². The number of hydrogen-bond donors (Lipinski definition) is 1. The molecular weight excluding hydrogens is 500 g/mol. The lowest BCUT2D eigenvalue weighted by atomic mass is 9.90. The zero-order chi connectivity index (χ0) is 24.0. The lowest BCUT2D eigenvalue weighted by Gasteiger charge is -2.29. The number of halogens is 1. The van der Waals surface area contributed by atoms with Crippen LogP contribution in [0.5, 0.6) is 11.5 Å². The molecule has 2 aliphatic heterocycles. The molecule has 3 aromatic rings. The first-order valence-corrected chi connectivity index (χ1v) is 11.8. The van der Waals surface area contributed by atoms with Crippen LogP contribution in [-0.4, -0.2) is 30.1 Å². The highest BCUT2D eigenvalue weighted by Gasteiger charge is 2.60. The minimum absolute atomic E-state index is 0.0422. The molecule has 34 heavy (non-hydrogen) atoms. The second kappa shape index (κ2) is 8.77. The van der Waals surface area contributed by atoms with Crippen molar-refractivity contribution in [1.29, 1.82) is 0 Å². The summed E-state index contributed by atoms with van der Waals surface area (Å²) < 4.78 is 5.76. The van der Waals surface area contributed by atoms with Crippen molar-refractivity contribution in [2.24, 2.45) is 5.92 Å². The molecule has 2 amide bonds. The molecule has 3 aromatic carbocycles. The highest BCUT2D eigenvalue weighted by atomic mass is 79.9. The number of phenols is 1. The number of benzene rings is 3. The number of hydroxylamine groups is 1. The number of carbonyl (C=O) groups is 2. The van der Waals surface area contributed by atoms with E-state index in [2.05, 4.69) is 15.9 Å². The third-order valence-electron chi connectivity index (χ3n) is 6.34. The van der Waals surface area contributed by atoms with E-state index in [4.69, 9.17) is 9.57 Å². The smallest absolute Gasteiger partial charge is 0.266 e. The first-order chi connectivity index (χ1) is 16.4. The van der Waals surface area contributed by atoms with Crippen LogP contribution in [0.1, 0.15) is 24.1 Å². The monoisotopic (exact) mass is 522 g/mol. The number of hydrogen-bond acceptors (Lipinski definition) is 6. The lowest BCUT2D eigenvalue weighted by molar-refractivity contribution is -0.126. The molecule has 0 radical (unpaired) electrons. The quantitative estimate of drug-likeness (QED) is 0.486. The molecule has 0 saturated carbocycles. The molecule has 174 valence electrons. The van der Waals surface area contributed by atoms with Gasteiger partial charge in [-0.25, -0.2) is 9.96 Å². The fourth-order valence-corrected chi connectivity index (χ4v) is 5.07. The largest absolute Gasteiger partial charge is 0.503 e. The second-order valence-electron chi connectivity index (χ2n) is 8.24. The van der Waals surface area contributed by atoms with Crippen LogP contribution < -0.4 is 14.7 Å². The van der Waals surface area contributed by atoms with Gasteiger partial charge in [-0.05, 0) is 69.9 Å². The molecule has 3 atom stereocenters. The van der Waals surface area contributed by atoms with Crippen molar-refractivity contribution in [3.8, 4) is 11.5 Å². The van der Waals surface area contributed by atoms with Gasteiger partial charge in [0, 0.05) is 0 Å². The zero-order valence-corrected chi connectivity index (χ0v) is 20.2. The Kier molecular flexibility index (Phi) is 5.79. The van der Waals surface area contributed by atoms with Crippen molar-refractivity contribution in [1.82, 2.24) is 0 Å². The number of methoxy groups -OCH3 is 1. The van der Waals surface area contributed by atoms with Crippen LogP contribution in [0.15, 0.2) is 71.2 Å². The van der Waals surface area contributed by atoms with E-state index in [0.29, 0.717) is 21.4 Å². The summed E-state index contributed by atoms with van der Waals surface area (Å²) in [5.41, 5.74) is 3.03. The van der Waals surface area contributed by atoms with Crippen LogP contribution in [0, 0.1) is 5.92 Å². The number of carbonyl (C=O) groups excluding carboxylic acids is 2. The van der Waals surface area contributed by atoms with Gasteiger partial charge in [-0.3, -0.25) is 14.4 Å². The molecule has 7 nitrogen and oxygen atoms in total. The normalized spacial score (nSPS) is 21.8. The molecule has 2 fully saturated rings. The Bertz CT molecular complexity index is 1250. The Labute approximate surface area is 205 Å². The molecule has 2 heterocycles. The van der Waals surface area contributed by atoms with E-state index < -0.39 is 24.0 Å². The van der Waals surface area contributed by atoms with Gasteiger partial charge in [0.1, 0.15) is 5.92 Å². The van der Waals surface area contributed by atoms with E-state index in [9.17, 15) is 14.7 Å². The molecule has 0 aromatic heterocycles. The van der Waals surface area contributed by atoms with Gasteiger partial charge in [0.2, 0.25) is 5.91 Å². The average molecular weight is 523 g/mol. The van der Waals surface area contributed by atoms with E-state index in [1.54, 1.807) is 29.3 Å². The molecule has 5 rings (SSSR count). The zero-order valence-electron chi connectivity index (χ0n) is 18.6. The maximum Gasteiger partial charge on any atom is 0.266 e. The van der Waals surface area contributed by atoms with Crippen LogP contribution in [-0.2, 0) is 20.8 Å². The highest BCUT2D eigenvalue weighted by Crippen LogP contribution is 2.49. The van der Waals surface area contributed by atoms with E-state index in [1.807, 2.05) is 49.4 Å². The molecular formula is C26H23BrN2O5. The van der Waals surface area contributed by atoms with Gasteiger partial charge in [-0.2, -0.15) is 0 Å². The van der Waals surface area contributed by atoms with Gasteiger partial charge >= 0.3 is 0 Å². The number of fused-ring (bicyclic) bond motifs is 1. The summed E-state index contributed by atoms with van der Waals surface area (Å²) >= 11 is 3.37. The molecule has 1 N–H and O–H groups in total. The molecule has 8 heteroatoms. The van der Waals surface area contributed by atoms with Gasteiger partial charge in [0.15, 0.2) is 17.6 Å². The highest BCUT2D eigenvalue weighted by molar-refractivity contribution is 9.10. The maximum atomic E-state index is 13.7. The second-order valence-corrected chi connectivity index (χ2v) is 9.10. The Morgan fingerprint density at radius 2 is 1.71 bits per heavy atom. The minimum atomic E-state index is -0.970. The SMILES string of the molecule is CCc1ccc(N2C(=O)[C@H]3[C@H](ON(c4ccccc4)[C@@H]3c3cc(Br)c(O)c(OC)c3)C2=O)cc1. The Morgan fingerprint density at radius 3 is 2.35 bits per heavy atom. The van der Waals surface area contributed by atoms with Crippen LogP contribution in [0.4, 0.5) is 11.4 Å². The Morgan fingerprint density at radius 1 is 1.00 bits per heavy atom. The topological polar surface area (TPSA) is 79.3 Å². The van der Waals surface area contributed by atoms with Crippen LogP contribution in [0.25, 0.3) is 0 Å². The lowest BCUT2D eigenvalue weighted by Crippen LogP contribution is -2.37. The summed E-state index contributed by atoms with van der Waals surface area (Å²) in [6.07, 6.45) is -0.107. The van der Waals surface area contributed by atoms with Crippen LogP contribution in [0.2, 0.25) is 0 Å². The van der Waals surface area contributed by atoms with Crippen molar-refractivity contribution in [3.05, 3.63) is 82.3 Å². The first kappa shape index (κ1) is 22.4. The predicted octanol–water partition coefficient (Wildman–Crippen LogP) is 4.78. The molecule has 0 spiro atoms. The van der Waals surface area contributed by atoms with Crippen molar-refractivity contribution in [2.45, 2.75) is 25.5 Å². The molecule has 2 saturated heterocycles. The fourth-order valence-electron chi connectivity index (χ4n) is 4.61. The third-order valence-corrected chi connectivity index (χ3v) is 6.95. The number of aromatic hydroxyl groups is 1. The summed E-state index contributed by atoms with van der Waals surface area (Å²) in [4.78, 5) is 34.5. The molecule has 0 unspecified atom stereocenters. The van der Waals surface area contributed by atoms with E-state index in [1.165, 1.54) is 12.0 Å². The number of anilines is 2.